The number of nitrogens with one attached hydrogen (secondary N) is 2. The van der Waals surface area contributed by atoms with Gasteiger partial charge in [0, 0.05) is 29.8 Å². The summed E-state index contributed by atoms with van der Waals surface area (Å²) in [5.74, 6) is -1.52. The molecule has 3 aromatic carbocycles. The third kappa shape index (κ3) is 8.79. The van der Waals surface area contributed by atoms with Crippen LogP contribution < -0.4 is 21.9 Å². The van der Waals surface area contributed by atoms with E-state index in [-0.39, 0.29) is 42.1 Å². The molecule has 0 saturated carbocycles. The Hall–Kier alpha value is -5.92. The number of hydrogen-bond acceptors (Lipinski definition) is 8. The number of amidine groups is 1. The minimum atomic E-state index is -0.884. The van der Waals surface area contributed by atoms with E-state index >= 15 is 0 Å². The number of hydrogen-bond donors (Lipinski definition) is 3. The van der Waals surface area contributed by atoms with Crippen LogP contribution in [0.5, 0.6) is 0 Å². The number of nitrogens with zero attached hydrogens (tertiary/aromatic N) is 4. The summed E-state index contributed by atoms with van der Waals surface area (Å²) in [4.78, 5) is 56.7. The minimum absolute atomic E-state index is 0.00832. The average molecular weight is 616 g/mol. The standard InChI is InChI=1S/C31H30FN7O6/c1-19(2)36-29-30(41)38(26(16-35-29)23-12-24(32)14-25(13-23)39(43)44)17-27(40)34-15-20-8-10-22(11-9-20)28(33)37-31(42)45-18-21-6-4-3-5-7-21/h3-14,16,19H,15,17-18H2,1-2H3,(H,34,40)(H,35,36)(H2,33,37,42). The molecule has 0 radical (unpaired) electrons. The van der Waals surface area contributed by atoms with Crippen molar-refractivity contribution in [1.82, 2.24) is 14.9 Å². The number of nitro benzene ring substituents is 1. The van der Waals surface area contributed by atoms with Crippen LogP contribution in [0.4, 0.5) is 20.7 Å². The van der Waals surface area contributed by atoms with E-state index in [2.05, 4.69) is 20.6 Å². The van der Waals surface area contributed by atoms with E-state index in [1.165, 1.54) is 6.20 Å². The first-order valence-electron chi connectivity index (χ1n) is 13.7. The van der Waals surface area contributed by atoms with Crippen LogP contribution in [0.25, 0.3) is 11.3 Å². The Labute approximate surface area is 256 Å². The molecule has 4 N–H and O–H groups in total. The molecular formula is C31H30FN7O6. The first-order chi connectivity index (χ1) is 21.5. The van der Waals surface area contributed by atoms with Gasteiger partial charge >= 0.3 is 6.09 Å². The van der Waals surface area contributed by atoms with Crippen molar-refractivity contribution in [1.29, 1.82) is 0 Å². The van der Waals surface area contributed by atoms with Crippen molar-refractivity contribution in [3.63, 3.8) is 0 Å². The predicted molar refractivity (Wildman–Crippen MR) is 165 cm³/mol. The van der Waals surface area contributed by atoms with Crippen molar-refractivity contribution in [3.8, 4) is 11.3 Å². The number of nitro groups is 1. The second kappa shape index (κ2) is 14.5. The van der Waals surface area contributed by atoms with Crippen LogP contribution in [-0.2, 0) is 29.2 Å². The third-order valence-electron chi connectivity index (χ3n) is 6.33. The fourth-order valence-corrected chi connectivity index (χ4v) is 4.18. The monoisotopic (exact) mass is 615 g/mol. The first-order valence-corrected chi connectivity index (χ1v) is 13.7. The molecule has 0 aliphatic heterocycles. The van der Waals surface area contributed by atoms with Gasteiger partial charge in [-0.25, -0.2) is 14.2 Å². The van der Waals surface area contributed by atoms with Gasteiger partial charge < -0.3 is 21.1 Å². The normalized spacial score (nSPS) is 11.2. The fraction of sp³-hybridized carbons (Fsp3) is 0.194. The van der Waals surface area contributed by atoms with Gasteiger partial charge in [0.1, 0.15) is 24.8 Å². The van der Waals surface area contributed by atoms with Gasteiger partial charge in [-0.2, -0.15) is 4.99 Å². The molecule has 4 rings (SSSR count). The Morgan fingerprint density at radius 1 is 1.09 bits per heavy atom. The summed E-state index contributed by atoms with van der Waals surface area (Å²) in [6.45, 7) is 3.25. The van der Waals surface area contributed by atoms with Crippen LogP contribution in [0.2, 0.25) is 0 Å². The second-order valence-electron chi connectivity index (χ2n) is 10.1. The number of aliphatic imine (C=N–C) groups is 1. The van der Waals surface area contributed by atoms with Gasteiger partial charge in [0.15, 0.2) is 5.82 Å². The Balaban J connectivity index is 1.45. The molecule has 13 nitrogen and oxygen atoms in total. The van der Waals surface area contributed by atoms with Gasteiger partial charge in [-0.05, 0) is 31.0 Å². The van der Waals surface area contributed by atoms with Crippen molar-refractivity contribution in [2.45, 2.75) is 39.6 Å². The number of benzene rings is 3. The first kappa shape index (κ1) is 32.0. The zero-order valence-electron chi connectivity index (χ0n) is 24.4. The summed E-state index contributed by atoms with van der Waals surface area (Å²) in [5.41, 5.74) is 6.75. The molecule has 0 aliphatic rings. The topological polar surface area (TPSA) is 184 Å². The summed E-state index contributed by atoms with van der Waals surface area (Å²) >= 11 is 0. The maximum Gasteiger partial charge on any atom is 0.435 e. The molecule has 14 heteroatoms. The highest BCUT2D eigenvalue weighted by Crippen LogP contribution is 2.25. The van der Waals surface area contributed by atoms with Gasteiger partial charge in [-0.3, -0.25) is 24.3 Å². The second-order valence-corrected chi connectivity index (χ2v) is 10.1. The number of anilines is 1. The van der Waals surface area contributed by atoms with Gasteiger partial charge in [0.25, 0.3) is 11.2 Å². The summed E-state index contributed by atoms with van der Waals surface area (Å²) < 4.78 is 20.4. The molecule has 2 amide bonds. The lowest BCUT2D eigenvalue weighted by Gasteiger charge is -2.16. The molecule has 1 heterocycles. The molecule has 232 valence electrons. The summed E-state index contributed by atoms with van der Waals surface area (Å²) in [7, 11) is 0. The molecule has 0 saturated heterocycles. The number of carbonyl (C=O) groups excluding carboxylic acids is 2. The van der Waals surface area contributed by atoms with Crippen LogP contribution in [0.3, 0.4) is 0 Å². The van der Waals surface area contributed by atoms with Gasteiger partial charge in [0.2, 0.25) is 5.91 Å². The van der Waals surface area contributed by atoms with Crippen LogP contribution in [0.1, 0.15) is 30.5 Å². The Morgan fingerprint density at radius 2 is 1.80 bits per heavy atom. The molecule has 4 aromatic rings. The minimum Gasteiger partial charge on any atom is -0.443 e. The Kier molecular flexibility index (Phi) is 10.3. The highest BCUT2D eigenvalue weighted by atomic mass is 19.1. The summed E-state index contributed by atoms with van der Waals surface area (Å²) in [6.07, 6.45) is 0.415. The zero-order chi connectivity index (χ0) is 32.5. The molecule has 45 heavy (non-hydrogen) atoms. The number of aromatic nitrogens is 2. The highest BCUT2D eigenvalue weighted by Gasteiger charge is 2.19. The molecule has 0 unspecified atom stereocenters. The molecule has 0 aliphatic carbocycles. The number of nitrogens with two attached hydrogens (primary N) is 1. The quantitative estimate of drug-likeness (QED) is 0.0966. The largest absolute Gasteiger partial charge is 0.443 e. The van der Waals surface area contributed by atoms with Crippen LogP contribution >= 0.6 is 0 Å². The van der Waals surface area contributed by atoms with Crippen molar-refractivity contribution in [3.05, 3.63) is 122 Å². The van der Waals surface area contributed by atoms with Crippen molar-refractivity contribution >= 4 is 29.3 Å². The van der Waals surface area contributed by atoms with Crippen LogP contribution in [0, 0.1) is 15.9 Å². The van der Waals surface area contributed by atoms with E-state index < -0.39 is 40.5 Å². The molecule has 1 aromatic heterocycles. The van der Waals surface area contributed by atoms with E-state index in [0.29, 0.717) is 11.1 Å². The van der Waals surface area contributed by atoms with Crippen molar-refractivity contribution in [2.75, 3.05) is 5.32 Å². The molecule has 0 atom stereocenters. The lowest BCUT2D eigenvalue weighted by Crippen LogP contribution is -2.35. The summed E-state index contributed by atoms with van der Waals surface area (Å²) in [5, 5.41) is 16.9. The van der Waals surface area contributed by atoms with Crippen molar-refractivity contribution < 1.29 is 23.6 Å². The van der Waals surface area contributed by atoms with E-state index in [0.717, 1.165) is 28.3 Å². The van der Waals surface area contributed by atoms with E-state index in [4.69, 9.17) is 10.5 Å². The molecule has 0 spiro atoms. The van der Waals surface area contributed by atoms with Gasteiger partial charge in [-0.1, -0.05) is 54.6 Å². The van der Waals surface area contributed by atoms with E-state index in [1.807, 2.05) is 30.3 Å². The highest BCUT2D eigenvalue weighted by molar-refractivity contribution is 6.02. The smallest absolute Gasteiger partial charge is 0.435 e. The number of rotatable bonds is 11. The molecular weight excluding hydrogens is 585 g/mol. The van der Waals surface area contributed by atoms with Crippen LogP contribution in [-0.4, -0.2) is 38.4 Å². The maximum atomic E-state index is 14.2. The Bertz CT molecular complexity index is 1790. The van der Waals surface area contributed by atoms with Crippen molar-refractivity contribution in [2.24, 2.45) is 10.7 Å². The maximum absolute atomic E-state index is 14.2. The number of ether oxygens (including phenoxy) is 1. The lowest BCUT2D eigenvalue weighted by atomic mass is 10.1. The lowest BCUT2D eigenvalue weighted by molar-refractivity contribution is -0.385. The van der Waals surface area contributed by atoms with E-state index in [1.54, 1.807) is 38.1 Å². The SMILES string of the molecule is CC(C)Nc1ncc(-c2cc(F)cc([N+](=O)[O-])c2)n(CC(=O)NCc2ccc(/C(N)=N/C(=O)OCc3ccccc3)cc2)c1=O. The number of halogens is 1. The third-order valence-corrected chi connectivity index (χ3v) is 6.33. The van der Waals surface area contributed by atoms with Gasteiger partial charge in [-0.15, -0.1) is 0 Å². The number of carbonyl (C=O) groups is 2. The Morgan fingerprint density at radius 3 is 2.47 bits per heavy atom. The van der Waals surface area contributed by atoms with Crippen LogP contribution in [0.15, 0.2) is 88.8 Å². The molecule has 0 bridgehead atoms. The molecule has 0 fully saturated rings. The van der Waals surface area contributed by atoms with Gasteiger partial charge in [0.05, 0.1) is 22.9 Å². The zero-order valence-corrected chi connectivity index (χ0v) is 24.4. The van der Waals surface area contributed by atoms with E-state index in [9.17, 15) is 28.9 Å². The predicted octanol–water partition coefficient (Wildman–Crippen LogP) is 4.14. The average Bonchev–Trinajstić information content (AvgIpc) is 3.01. The number of amides is 2. The fourth-order valence-electron chi connectivity index (χ4n) is 4.18. The summed E-state index contributed by atoms with van der Waals surface area (Å²) in [6, 6.07) is 18.4. The number of non-ortho nitro benzene ring substituents is 1.